The molecule has 0 saturated carbocycles. The molecule has 4 aromatic rings. The summed E-state index contributed by atoms with van der Waals surface area (Å²) in [5.41, 5.74) is 5.79. The van der Waals surface area contributed by atoms with Gasteiger partial charge in [-0.25, -0.2) is 26.9 Å². The number of aryl methyl sites for hydroxylation is 1. The lowest BCUT2D eigenvalue weighted by molar-refractivity contribution is 0.0950. The fourth-order valence-electron chi connectivity index (χ4n) is 3.77. The molecule has 0 saturated heterocycles. The van der Waals surface area contributed by atoms with Crippen molar-refractivity contribution in [2.45, 2.75) is 13.5 Å². The van der Waals surface area contributed by atoms with E-state index in [2.05, 4.69) is 10.3 Å². The van der Waals surface area contributed by atoms with Crippen LogP contribution in [-0.4, -0.2) is 28.5 Å². The van der Waals surface area contributed by atoms with Gasteiger partial charge in [-0.05, 0) is 19.1 Å². The highest BCUT2D eigenvalue weighted by atomic mass is 19.2. The van der Waals surface area contributed by atoms with Crippen LogP contribution < -0.4 is 11.1 Å². The van der Waals surface area contributed by atoms with Crippen LogP contribution in [-0.2, 0) is 6.54 Å². The minimum absolute atomic E-state index is 0.114. The number of aromatic nitrogens is 2. The number of carbonyl (C=O) groups is 1. The average Bonchev–Trinajstić information content (AvgIpc) is 3.11. The standard InChI is InChI=1S/C22H17F5N4O/c1-10-21-12(8-14(30-10)22(32)29-7-6-28)11-4-2-3-5-15(11)31(21)9-13-16(23)18(25)20(27)19(26)17(13)24/h2-5,8H,6-7,9,28H2,1H3,(H,29,32). The van der Waals surface area contributed by atoms with Crippen molar-refractivity contribution in [3.63, 3.8) is 0 Å². The van der Waals surface area contributed by atoms with Gasteiger partial charge >= 0.3 is 0 Å². The predicted molar refractivity (Wildman–Crippen MR) is 109 cm³/mol. The Kier molecular flexibility index (Phi) is 5.55. The molecular formula is C22H17F5N4O. The molecular weight excluding hydrogens is 431 g/mol. The molecule has 10 heteroatoms. The minimum Gasteiger partial charge on any atom is -0.349 e. The molecule has 2 aromatic heterocycles. The fourth-order valence-corrected chi connectivity index (χ4v) is 3.77. The Morgan fingerprint density at radius 2 is 1.62 bits per heavy atom. The molecule has 1 amide bonds. The number of carbonyl (C=O) groups excluding carboxylic acids is 1. The molecule has 0 unspecified atom stereocenters. The summed E-state index contributed by atoms with van der Waals surface area (Å²) >= 11 is 0. The molecule has 0 fully saturated rings. The zero-order valence-electron chi connectivity index (χ0n) is 16.8. The van der Waals surface area contributed by atoms with E-state index in [4.69, 9.17) is 5.73 Å². The summed E-state index contributed by atoms with van der Waals surface area (Å²) in [6, 6.07) is 8.30. The van der Waals surface area contributed by atoms with E-state index in [1.807, 2.05) is 0 Å². The summed E-state index contributed by atoms with van der Waals surface area (Å²) in [6.45, 7) is 1.46. The maximum absolute atomic E-state index is 14.4. The third kappa shape index (κ3) is 3.36. The number of rotatable bonds is 5. The van der Waals surface area contributed by atoms with E-state index in [0.29, 0.717) is 27.5 Å². The first-order valence-corrected chi connectivity index (χ1v) is 9.63. The largest absolute Gasteiger partial charge is 0.349 e. The SMILES string of the molecule is Cc1nc(C(=O)NCCN)cc2c3ccccc3n(Cc3c(F)c(F)c(F)c(F)c3F)c12. The van der Waals surface area contributed by atoms with E-state index in [1.165, 1.54) is 10.6 Å². The van der Waals surface area contributed by atoms with Crippen LogP contribution >= 0.6 is 0 Å². The maximum Gasteiger partial charge on any atom is 0.269 e. The number of para-hydroxylation sites is 1. The van der Waals surface area contributed by atoms with Crippen molar-refractivity contribution >= 4 is 27.7 Å². The molecule has 0 radical (unpaired) electrons. The highest BCUT2D eigenvalue weighted by Gasteiger charge is 2.27. The molecule has 4 rings (SSSR count). The van der Waals surface area contributed by atoms with Crippen LogP contribution in [0.1, 0.15) is 21.7 Å². The van der Waals surface area contributed by atoms with Gasteiger partial charge in [0, 0.05) is 34.9 Å². The van der Waals surface area contributed by atoms with Crippen molar-refractivity contribution in [3.8, 4) is 0 Å². The van der Waals surface area contributed by atoms with E-state index in [-0.39, 0.29) is 18.8 Å². The summed E-state index contributed by atoms with van der Waals surface area (Å²) in [5, 5.41) is 3.80. The van der Waals surface area contributed by atoms with Crippen LogP contribution in [0.4, 0.5) is 22.0 Å². The number of fused-ring (bicyclic) bond motifs is 3. The highest BCUT2D eigenvalue weighted by molar-refractivity contribution is 6.10. The van der Waals surface area contributed by atoms with Gasteiger partial charge in [-0.1, -0.05) is 18.2 Å². The number of pyridine rings is 1. The molecule has 32 heavy (non-hydrogen) atoms. The van der Waals surface area contributed by atoms with E-state index >= 15 is 0 Å². The van der Waals surface area contributed by atoms with Gasteiger partial charge in [0.05, 0.1) is 17.8 Å². The third-order valence-corrected chi connectivity index (χ3v) is 5.20. The van der Waals surface area contributed by atoms with E-state index in [0.717, 1.165) is 0 Å². The van der Waals surface area contributed by atoms with Crippen molar-refractivity contribution < 1.29 is 26.7 Å². The van der Waals surface area contributed by atoms with Crippen LogP contribution in [0, 0.1) is 36.0 Å². The lowest BCUT2D eigenvalue weighted by Crippen LogP contribution is -2.29. The summed E-state index contributed by atoms with van der Waals surface area (Å²) in [7, 11) is 0. The second-order valence-electron chi connectivity index (χ2n) is 7.19. The van der Waals surface area contributed by atoms with Gasteiger partial charge in [0.1, 0.15) is 5.69 Å². The molecule has 0 atom stereocenters. The highest BCUT2D eigenvalue weighted by Crippen LogP contribution is 2.33. The van der Waals surface area contributed by atoms with Crippen LogP contribution in [0.25, 0.3) is 21.8 Å². The Morgan fingerprint density at radius 1 is 1.00 bits per heavy atom. The van der Waals surface area contributed by atoms with Crippen LogP contribution in [0.3, 0.4) is 0 Å². The number of hydrogen-bond acceptors (Lipinski definition) is 3. The topological polar surface area (TPSA) is 72.9 Å². The first-order valence-electron chi connectivity index (χ1n) is 9.63. The Bertz CT molecular complexity index is 1350. The van der Waals surface area contributed by atoms with Crippen molar-refractivity contribution in [2.75, 3.05) is 13.1 Å². The Balaban J connectivity index is 1.96. The van der Waals surface area contributed by atoms with Gasteiger partial charge in [0.2, 0.25) is 5.82 Å². The second-order valence-corrected chi connectivity index (χ2v) is 7.19. The zero-order chi connectivity index (χ0) is 23.2. The van der Waals surface area contributed by atoms with E-state index < -0.39 is 47.1 Å². The molecule has 2 heterocycles. The lowest BCUT2D eigenvalue weighted by Gasteiger charge is -2.13. The number of amides is 1. The maximum atomic E-state index is 14.4. The molecule has 0 bridgehead atoms. The molecule has 5 nitrogen and oxygen atoms in total. The van der Waals surface area contributed by atoms with Crippen molar-refractivity contribution in [3.05, 3.63) is 76.4 Å². The predicted octanol–water partition coefficient (Wildman–Crippen LogP) is 3.93. The summed E-state index contributed by atoms with van der Waals surface area (Å²) < 4.78 is 71.1. The normalized spacial score (nSPS) is 11.5. The quantitative estimate of drug-likeness (QED) is 0.276. The average molecular weight is 448 g/mol. The first-order chi connectivity index (χ1) is 15.3. The van der Waals surface area contributed by atoms with Gasteiger partial charge < -0.3 is 15.6 Å². The van der Waals surface area contributed by atoms with Crippen molar-refractivity contribution in [2.24, 2.45) is 5.73 Å². The Hall–Kier alpha value is -3.53. The molecule has 2 aromatic carbocycles. The molecule has 0 aliphatic rings. The Labute approximate surface area is 178 Å². The second kappa shape index (κ2) is 8.19. The fraction of sp³-hybridized carbons (Fsp3) is 0.182. The molecule has 0 spiro atoms. The van der Waals surface area contributed by atoms with Gasteiger partial charge in [-0.2, -0.15) is 0 Å². The van der Waals surface area contributed by atoms with Gasteiger partial charge in [-0.15, -0.1) is 0 Å². The lowest BCUT2D eigenvalue weighted by atomic mass is 10.1. The third-order valence-electron chi connectivity index (χ3n) is 5.20. The molecule has 0 aliphatic heterocycles. The van der Waals surface area contributed by atoms with E-state index in [9.17, 15) is 26.7 Å². The minimum atomic E-state index is -2.21. The van der Waals surface area contributed by atoms with Crippen molar-refractivity contribution in [1.29, 1.82) is 0 Å². The van der Waals surface area contributed by atoms with Crippen molar-refractivity contribution in [1.82, 2.24) is 14.9 Å². The number of nitrogens with zero attached hydrogens (tertiary/aromatic N) is 2. The molecule has 3 N–H and O–H groups in total. The van der Waals surface area contributed by atoms with Crippen LogP contribution in [0.2, 0.25) is 0 Å². The number of hydrogen-bond donors (Lipinski definition) is 2. The molecule has 0 aliphatic carbocycles. The summed E-state index contributed by atoms with van der Waals surface area (Å²) in [6.07, 6.45) is 0. The van der Waals surface area contributed by atoms with Gasteiger partial charge in [-0.3, -0.25) is 4.79 Å². The van der Waals surface area contributed by atoms with Crippen LogP contribution in [0.5, 0.6) is 0 Å². The Morgan fingerprint density at radius 3 is 2.28 bits per heavy atom. The number of nitrogens with two attached hydrogens (primary N) is 1. The monoisotopic (exact) mass is 448 g/mol. The molecule has 166 valence electrons. The number of benzene rings is 2. The van der Waals surface area contributed by atoms with E-state index in [1.54, 1.807) is 31.2 Å². The van der Waals surface area contributed by atoms with Gasteiger partial charge in [0.15, 0.2) is 23.3 Å². The van der Waals surface area contributed by atoms with Gasteiger partial charge in [0.25, 0.3) is 5.91 Å². The zero-order valence-corrected chi connectivity index (χ0v) is 16.8. The smallest absolute Gasteiger partial charge is 0.269 e. The summed E-state index contributed by atoms with van der Waals surface area (Å²) in [4.78, 5) is 16.7. The van der Waals surface area contributed by atoms with Crippen LogP contribution in [0.15, 0.2) is 30.3 Å². The first kappa shape index (κ1) is 21.7. The number of nitrogens with one attached hydrogen (secondary N) is 1. The summed E-state index contributed by atoms with van der Waals surface area (Å²) in [5.74, 6) is -10.5. The number of halogens is 5.